The zero-order valence-electron chi connectivity index (χ0n) is 13.3. The van der Waals surface area contributed by atoms with E-state index in [1.54, 1.807) is 19.3 Å². The highest BCUT2D eigenvalue weighted by molar-refractivity contribution is 5.92. The molecule has 124 valence electrons. The van der Waals surface area contributed by atoms with Crippen molar-refractivity contribution in [1.29, 1.82) is 0 Å². The van der Waals surface area contributed by atoms with Crippen LogP contribution in [0.25, 0.3) is 6.08 Å². The molecule has 0 bridgehead atoms. The number of ether oxygens (including phenoxy) is 3. The molecule has 2 heterocycles. The number of nitrogens with two attached hydrogens (primary N) is 1. The summed E-state index contributed by atoms with van der Waals surface area (Å²) in [7, 11) is 1.59. The molecule has 0 spiro atoms. The van der Waals surface area contributed by atoms with E-state index in [0.29, 0.717) is 42.9 Å². The summed E-state index contributed by atoms with van der Waals surface area (Å²) >= 11 is 0. The number of benzene rings is 1. The van der Waals surface area contributed by atoms with Crippen LogP contribution in [0.15, 0.2) is 18.2 Å². The van der Waals surface area contributed by atoms with Crippen LogP contribution in [0.2, 0.25) is 0 Å². The van der Waals surface area contributed by atoms with Gasteiger partial charge in [0.2, 0.25) is 11.7 Å². The fourth-order valence-electron chi connectivity index (χ4n) is 2.89. The summed E-state index contributed by atoms with van der Waals surface area (Å²) in [4.78, 5) is 14.1. The Morgan fingerprint density at radius 2 is 2.26 bits per heavy atom. The second-order valence-electron chi connectivity index (χ2n) is 5.76. The molecule has 0 aromatic heterocycles. The molecule has 1 amide bonds. The molecule has 0 saturated carbocycles. The molecule has 6 heteroatoms. The molecule has 0 radical (unpaired) electrons. The summed E-state index contributed by atoms with van der Waals surface area (Å²) in [6.45, 7) is 3.16. The highest BCUT2D eigenvalue weighted by Gasteiger charge is 2.24. The molecule has 1 unspecified atom stereocenters. The summed E-state index contributed by atoms with van der Waals surface area (Å²) < 4.78 is 16.5. The zero-order chi connectivity index (χ0) is 16.2. The standard InChI is InChI=1S/C17H22N2O4/c1-21-14-8-12(9-15-17(14)23-7-6-22-15)2-3-16(20)19-5-4-13(10-18)11-19/h2-3,8-9,13H,4-7,10-11,18H2,1H3. The first-order valence-electron chi connectivity index (χ1n) is 7.86. The molecule has 1 saturated heterocycles. The van der Waals surface area contributed by atoms with Crippen LogP contribution >= 0.6 is 0 Å². The van der Waals surface area contributed by atoms with Crippen molar-refractivity contribution < 1.29 is 19.0 Å². The maximum Gasteiger partial charge on any atom is 0.246 e. The zero-order valence-corrected chi connectivity index (χ0v) is 13.3. The van der Waals surface area contributed by atoms with Gasteiger partial charge in [0.15, 0.2) is 11.5 Å². The molecule has 1 aromatic carbocycles. The first kappa shape index (κ1) is 15.7. The van der Waals surface area contributed by atoms with Gasteiger partial charge < -0.3 is 24.8 Å². The monoisotopic (exact) mass is 318 g/mol. The van der Waals surface area contributed by atoms with E-state index in [0.717, 1.165) is 25.1 Å². The van der Waals surface area contributed by atoms with Crippen LogP contribution in [0.3, 0.4) is 0 Å². The number of hydrogen-bond acceptors (Lipinski definition) is 5. The number of likely N-dealkylation sites (tertiary alicyclic amines) is 1. The Morgan fingerprint density at radius 3 is 3.00 bits per heavy atom. The highest BCUT2D eigenvalue weighted by atomic mass is 16.6. The van der Waals surface area contributed by atoms with Crippen LogP contribution in [0.4, 0.5) is 0 Å². The third kappa shape index (κ3) is 3.42. The number of hydrogen-bond donors (Lipinski definition) is 1. The van der Waals surface area contributed by atoms with Gasteiger partial charge in [0.05, 0.1) is 7.11 Å². The minimum Gasteiger partial charge on any atom is -0.493 e. The van der Waals surface area contributed by atoms with E-state index in [1.807, 2.05) is 17.0 Å². The molecular weight excluding hydrogens is 296 g/mol. The summed E-state index contributed by atoms with van der Waals surface area (Å²) in [5, 5.41) is 0. The summed E-state index contributed by atoms with van der Waals surface area (Å²) in [6, 6.07) is 3.69. The van der Waals surface area contributed by atoms with Crippen molar-refractivity contribution in [1.82, 2.24) is 4.90 Å². The maximum atomic E-state index is 12.2. The van der Waals surface area contributed by atoms with Crippen molar-refractivity contribution in [3.63, 3.8) is 0 Å². The largest absolute Gasteiger partial charge is 0.493 e. The van der Waals surface area contributed by atoms with Crippen LogP contribution in [0.5, 0.6) is 17.2 Å². The van der Waals surface area contributed by atoms with Gasteiger partial charge in [0, 0.05) is 19.2 Å². The van der Waals surface area contributed by atoms with Gasteiger partial charge in [-0.25, -0.2) is 0 Å². The smallest absolute Gasteiger partial charge is 0.246 e. The van der Waals surface area contributed by atoms with Crippen molar-refractivity contribution in [3.8, 4) is 17.2 Å². The van der Waals surface area contributed by atoms with Gasteiger partial charge in [-0.15, -0.1) is 0 Å². The van der Waals surface area contributed by atoms with Crippen molar-refractivity contribution in [2.24, 2.45) is 11.7 Å². The van der Waals surface area contributed by atoms with Crippen molar-refractivity contribution >= 4 is 12.0 Å². The van der Waals surface area contributed by atoms with Gasteiger partial charge >= 0.3 is 0 Å². The molecule has 0 aliphatic carbocycles. The second kappa shape index (κ2) is 6.91. The van der Waals surface area contributed by atoms with Gasteiger partial charge in [-0.1, -0.05) is 0 Å². The van der Waals surface area contributed by atoms with E-state index in [9.17, 15) is 4.79 Å². The molecule has 1 atom stereocenters. The van der Waals surface area contributed by atoms with E-state index in [4.69, 9.17) is 19.9 Å². The van der Waals surface area contributed by atoms with Gasteiger partial charge in [-0.3, -0.25) is 4.79 Å². The minimum absolute atomic E-state index is 0.00908. The Hall–Kier alpha value is -2.21. The molecule has 3 rings (SSSR count). The van der Waals surface area contributed by atoms with Crippen LogP contribution < -0.4 is 19.9 Å². The van der Waals surface area contributed by atoms with Gasteiger partial charge in [0.25, 0.3) is 0 Å². The highest BCUT2D eigenvalue weighted by Crippen LogP contribution is 2.40. The van der Waals surface area contributed by atoms with Gasteiger partial charge in [-0.2, -0.15) is 0 Å². The Balaban J connectivity index is 1.73. The van der Waals surface area contributed by atoms with E-state index in [2.05, 4.69) is 0 Å². The SMILES string of the molecule is COc1cc(C=CC(=O)N2CCC(CN)C2)cc2c1OCCO2. The first-order valence-corrected chi connectivity index (χ1v) is 7.86. The topological polar surface area (TPSA) is 74.0 Å². The maximum absolute atomic E-state index is 12.2. The number of rotatable bonds is 4. The number of carbonyl (C=O) groups is 1. The van der Waals surface area contributed by atoms with Gasteiger partial charge in [0.1, 0.15) is 13.2 Å². The lowest BCUT2D eigenvalue weighted by Gasteiger charge is -2.21. The Labute approximate surface area is 135 Å². The summed E-state index contributed by atoms with van der Waals surface area (Å²) in [5.41, 5.74) is 6.50. The minimum atomic E-state index is 0.00908. The lowest BCUT2D eigenvalue weighted by Crippen LogP contribution is -2.28. The Morgan fingerprint density at radius 1 is 1.43 bits per heavy atom. The fraction of sp³-hybridized carbons (Fsp3) is 0.471. The average Bonchev–Trinajstić information content (AvgIpc) is 3.08. The quantitative estimate of drug-likeness (QED) is 0.847. The molecular formula is C17H22N2O4. The van der Waals surface area contributed by atoms with E-state index >= 15 is 0 Å². The van der Waals surface area contributed by atoms with E-state index in [-0.39, 0.29) is 5.91 Å². The Kier molecular flexibility index (Phi) is 4.71. The van der Waals surface area contributed by atoms with E-state index < -0.39 is 0 Å². The van der Waals surface area contributed by atoms with Crippen LogP contribution in [0.1, 0.15) is 12.0 Å². The van der Waals surface area contributed by atoms with Crippen molar-refractivity contribution in [3.05, 3.63) is 23.8 Å². The predicted molar refractivity (Wildman–Crippen MR) is 86.8 cm³/mol. The number of nitrogens with zero attached hydrogens (tertiary/aromatic N) is 1. The van der Waals surface area contributed by atoms with Gasteiger partial charge in [-0.05, 0) is 42.7 Å². The van der Waals surface area contributed by atoms with Crippen LogP contribution in [-0.2, 0) is 4.79 Å². The molecule has 2 aliphatic rings. The molecule has 23 heavy (non-hydrogen) atoms. The Bertz CT molecular complexity index is 598. The normalized spacial score (nSPS) is 20.1. The lowest BCUT2D eigenvalue weighted by molar-refractivity contribution is -0.125. The third-order valence-electron chi connectivity index (χ3n) is 4.20. The fourth-order valence-corrected chi connectivity index (χ4v) is 2.89. The first-order chi connectivity index (χ1) is 11.2. The third-order valence-corrected chi connectivity index (χ3v) is 4.20. The molecule has 2 N–H and O–H groups in total. The summed E-state index contributed by atoms with van der Waals surface area (Å²) in [6.07, 6.45) is 4.34. The van der Waals surface area contributed by atoms with Crippen LogP contribution in [-0.4, -0.2) is 50.8 Å². The van der Waals surface area contributed by atoms with E-state index in [1.165, 1.54) is 0 Å². The average molecular weight is 318 g/mol. The molecule has 6 nitrogen and oxygen atoms in total. The molecule has 1 aromatic rings. The number of carbonyl (C=O) groups excluding carboxylic acids is 1. The lowest BCUT2D eigenvalue weighted by atomic mass is 10.1. The molecule has 2 aliphatic heterocycles. The molecule has 1 fully saturated rings. The number of amides is 1. The van der Waals surface area contributed by atoms with Crippen LogP contribution in [0, 0.1) is 5.92 Å². The summed E-state index contributed by atoms with van der Waals surface area (Å²) in [5.74, 6) is 2.30. The number of fused-ring (bicyclic) bond motifs is 1. The second-order valence-corrected chi connectivity index (χ2v) is 5.76. The van der Waals surface area contributed by atoms with Crippen molar-refractivity contribution in [2.45, 2.75) is 6.42 Å². The van der Waals surface area contributed by atoms with Crippen molar-refractivity contribution in [2.75, 3.05) is 40.0 Å². The predicted octanol–water partition coefficient (Wildman–Crippen LogP) is 1.29. The number of methoxy groups -OCH3 is 1.